The Bertz CT molecular complexity index is 561. The number of hydrogen-bond donors (Lipinski definition) is 0. The number of Topliss-reactive ketones (excluding diaryl/α,β-unsaturated/α-hetero) is 1. The van der Waals surface area contributed by atoms with Crippen molar-refractivity contribution in [2.45, 2.75) is 18.9 Å². The molecule has 2 heterocycles. The number of carbonyl (C=O) groups excluding carboxylic acids is 1. The molecule has 0 aliphatic carbocycles. The van der Waals surface area contributed by atoms with Crippen LogP contribution >= 0.6 is 11.8 Å². The van der Waals surface area contributed by atoms with Crippen LogP contribution in [0, 0.1) is 13.8 Å². The average molecular weight is 260 g/mol. The Morgan fingerprint density at radius 2 is 2.17 bits per heavy atom. The Kier molecular flexibility index (Phi) is 3.87. The summed E-state index contributed by atoms with van der Waals surface area (Å²) in [6.07, 6.45) is 1.74. The van der Waals surface area contributed by atoms with Crippen molar-refractivity contribution >= 4 is 17.5 Å². The van der Waals surface area contributed by atoms with E-state index < -0.39 is 0 Å². The highest BCUT2D eigenvalue weighted by molar-refractivity contribution is 7.99. The van der Waals surface area contributed by atoms with E-state index >= 15 is 0 Å². The molecular formula is C14H16N2OS. The van der Waals surface area contributed by atoms with Gasteiger partial charge in [-0.1, -0.05) is 17.8 Å². The van der Waals surface area contributed by atoms with Gasteiger partial charge in [0.2, 0.25) is 0 Å². The lowest BCUT2D eigenvalue weighted by Crippen LogP contribution is -2.04. The van der Waals surface area contributed by atoms with Gasteiger partial charge in [-0.25, -0.2) is 4.98 Å². The summed E-state index contributed by atoms with van der Waals surface area (Å²) in [5, 5.41) is 0.885. The van der Waals surface area contributed by atoms with E-state index in [1.165, 1.54) is 11.8 Å². The predicted octanol–water partition coefficient (Wildman–Crippen LogP) is 3.01. The van der Waals surface area contributed by atoms with Gasteiger partial charge in [0, 0.05) is 30.2 Å². The van der Waals surface area contributed by atoms with E-state index in [2.05, 4.69) is 4.98 Å². The van der Waals surface area contributed by atoms with Gasteiger partial charge in [0.25, 0.3) is 0 Å². The fourth-order valence-electron chi connectivity index (χ4n) is 1.79. The third-order valence-electron chi connectivity index (χ3n) is 3.06. The van der Waals surface area contributed by atoms with Crippen molar-refractivity contribution in [3.63, 3.8) is 0 Å². The summed E-state index contributed by atoms with van der Waals surface area (Å²) >= 11 is 1.48. The molecule has 0 atom stereocenters. The van der Waals surface area contributed by atoms with Crippen molar-refractivity contribution in [2.75, 3.05) is 5.75 Å². The second kappa shape index (κ2) is 5.40. The van der Waals surface area contributed by atoms with Crippen LogP contribution in [0.4, 0.5) is 0 Å². The van der Waals surface area contributed by atoms with Gasteiger partial charge >= 0.3 is 0 Å². The Morgan fingerprint density at radius 3 is 2.72 bits per heavy atom. The van der Waals surface area contributed by atoms with Gasteiger partial charge in [-0.3, -0.25) is 4.79 Å². The van der Waals surface area contributed by atoms with Crippen LogP contribution in [-0.2, 0) is 7.05 Å². The molecule has 0 N–H and O–H groups in total. The fourth-order valence-corrected chi connectivity index (χ4v) is 2.53. The Morgan fingerprint density at radius 1 is 1.39 bits per heavy atom. The van der Waals surface area contributed by atoms with Crippen molar-refractivity contribution in [2.24, 2.45) is 7.05 Å². The van der Waals surface area contributed by atoms with E-state index in [-0.39, 0.29) is 5.78 Å². The molecule has 2 rings (SSSR count). The molecule has 0 radical (unpaired) electrons. The van der Waals surface area contributed by atoms with Crippen LogP contribution in [-0.4, -0.2) is 21.1 Å². The van der Waals surface area contributed by atoms with Crippen molar-refractivity contribution < 1.29 is 4.79 Å². The molecule has 0 bridgehead atoms. The first kappa shape index (κ1) is 12.9. The molecule has 3 nitrogen and oxygen atoms in total. The second-order valence-corrected chi connectivity index (χ2v) is 5.22. The lowest BCUT2D eigenvalue weighted by atomic mass is 10.2. The van der Waals surface area contributed by atoms with Crippen LogP contribution < -0.4 is 0 Å². The summed E-state index contributed by atoms with van der Waals surface area (Å²) in [7, 11) is 1.98. The Balaban J connectivity index is 2.06. The number of ketones is 1. The van der Waals surface area contributed by atoms with Gasteiger partial charge in [-0.15, -0.1) is 0 Å². The minimum atomic E-state index is 0.159. The molecule has 2 aromatic rings. The third kappa shape index (κ3) is 2.64. The number of aryl methyl sites for hydroxylation is 1. The largest absolute Gasteiger partial charge is 0.351 e. The molecule has 0 fully saturated rings. The number of carbonyl (C=O) groups is 1. The smallest absolute Gasteiger partial charge is 0.174 e. The van der Waals surface area contributed by atoms with Crippen molar-refractivity contribution in [1.82, 2.24) is 9.55 Å². The number of hydrogen-bond acceptors (Lipinski definition) is 3. The highest BCUT2D eigenvalue weighted by Crippen LogP contribution is 2.19. The number of rotatable bonds is 4. The average Bonchev–Trinajstić information content (AvgIpc) is 2.65. The van der Waals surface area contributed by atoms with E-state index in [1.807, 2.05) is 49.7 Å². The first-order chi connectivity index (χ1) is 8.59. The number of nitrogens with zero attached hydrogens (tertiary/aromatic N) is 2. The molecule has 2 aromatic heterocycles. The highest BCUT2D eigenvalue weighted by atomic mass is 32.2. The van der Waals surface area contributed by atoms with E-state index in [9.17, 15) is 4.79 Å². The maximum atomic E-state index is 12.1. The molecule has 4 heteroatoms. The molecule has 18 heavy (non-hydrogen) atoms. The summed E-state index contributed by atoms with van der Waals surface area (Å²) in [6.45, 7) is 3.99. The SMILES string of the molecule is Cc1cc(C(=O)CSc2ccccn2)c(C)n1C. The van der Waals surface area contributed by atoms with E-state index in [1.54, 1.807) is 6.20 Å². The molecule has 0 aliphatic rings. The maximum Gasteiger partial charge on any atom is 0.174 e. The monoisotopic (exact) mass is 260 g/mol. The zero-order chi connectivity index (χ0) is 13.1. The molecule has 0 saturated carbocycles. The van der Waals surface area contributed by atoms with Gasteiger partial charge in [0.05, 0.1) is 10.8 Å². The second-order valence-electron chi connectivity index (χ2n) is 4.22. The summed E-state index contributed by atoms with van der Waals surface area (Å²) < 4.78 is 2.04. The number of pyridine rings is 1. The van der Waals surface area contributed by atoms with Crippen LogP contribution in [0.5, 0.6) is 0 Å². The van der Waals surface area contributed by atoms with E-state index in [0.29, 0.717) is 5.75 Å². The molecule has 0 saturated heterocycles. The maximum absolute atomic E-state index is 12.1. The number of aromatic nitrogens is 2. The topological polar surface area (TPSA) is 34.9 Å². The molecular weight excluding hydrogens is 244 g/mol. The van der Waals surface area contributed by atoms with Crippen LogP contribution in [0.1, 0.15) is 21.7 Å². The van der Waals surface area contributed by atoms with Crippen molar-refractivity contribution in [3.05, 3.63) is 47.4 Å². The van der Waals surface area contributed by atoms with Crippen LogP contribution in [0.2, 0.25) is 0 Å². The normalized spacial score (nSPS) is 10.6. The zero-order valence-corrected chi connectivity index (χ0v) is 11.6. The van der Waals surface area contributed by atoms with Gasteiger partial charge in [0.1, 0.15) is 0 Å². The first-order valence-electron chi connectivity index (χ1n) is 5.79. The molecule has 0 unspecified atom stereocenters. The highest BCUT2D eigenvalue weighted by Gasteiger charge is 2.14. The Labute approximate surface area is 111 Å². The fraction of sp³-hybridized carbons (Fsp3) is 0.286. The zero-order valence-electron chi connectivity index (χ0n) is 10.8. The van der Waals surface area contributed by atoms with Gasteiger partial charge in [-0.2, -0.15) is 0 Å². The Hall–Kier alpha value is -1.55. The van der Waals surface area contributed by atoms with Crippen LogP contribution in [0.3, 0.4) is 0 Å². The summed E-state index contributed by atoms with van der Waals surface area (Å²) in [4.78, 5) is 16.3. The molecule has 0 aromatic carbocycles. The van der Waals surface area contributed by atoms with Gasteiger partial charge in [0.15, 0.2) is 5.78 Å². The predicted molar refractivity (Wildman–Crippen MR) is 74.2 cm³/mol. The lowest BCUT2D eigenvalue weighted by molar-refractivity contribution is 0.102. The van der Waals surface area contributed by atoms with Crippen LogP contribution in [0.25, 0.3) is 0 Å². The molecule has 0 spiro atoms. The number of thioether (sulfide) groups is 1. The minimum Gasteiger partial charge on any atom is -0.351 e. The standard InChI is InChI=1S/C14H16N2OS/c1-10-8-12(11(2)16(10)3)13(17)9-18-14-6-4-5-7-15-14/h4-8H,9H2,1-3H3. The molecule has 94 valence electrons. The summed E-state index contributed by atoms with van der Waals surface area (Å²) in [5.41, 5.74) is 2.95. The molecule has 0 amide bonds. The van der Waals surface area contributed by atoms with E-state index in [4.69, 9.17) is 0 Å². The summed E-state index contributed by atoms with van der Waals surface area (Å²) in [6, 6.07) is 7.67. The minimum absolute atomic E-state index is 0.159. The van der Waals surface area contributed by atoms with Crippen LogP contribution in [0.15, 0.2) is 35.5 Å². The third-order valence-corrected chi connectivity index (χ3v) is 4.01. The van der Waals surface area contributed by atoms with Gasteiger partial charge < -0.3 is 4.57 Å². The first-order valence-corrected chi connectivity index (χ1v) is 6.78. The van der Waals surface area contributed by atoms with E-state index in [0.717, 1.165) is 22.0 Å². The van der Waals surface area contributed by atoms with Crippen molar-refractivity contribution in [3.8, 4) is 0 Å². The van der Waals surface area contributed by atoms with Gasteiger partial charge in [-0.05, 0) is 32.0 Å². The summed E-state index contributed by atoms with van der Waals surface area (Å²) in [5.74, 6) is 0.591. The lowest BCUT2D eigenvalue weighted by Gasteiger charge is -2.02. The molecule has 0 aliphatic heterocycles. The quantitative estimate of drug-likeness (QED) is 0.626. The van der Waals surface area contributed by atoms with Crippen molar-refractivity contribution in [1.29, 1.82) is 0 Å².